The van der Waals surface area contributed by atoms with Gasteiger partial charge in [0.1, 0.15) is 0 Å². The summed E-state index contributed by atoms with van der Waals surface area (Å²) in [6.07, 6.45) is 2.21. The molecule has 0 aliphatic rings. The van der Waals surface area contributed by atoms with Crippen molar-refractivity contribution < 1.29 is 0 Å². The van der Waals surface area contributed by atoms with Crippen LogP contribution in [0.4, 0.5) is 0 Å². The summed E-state index contributed by atoms with van der Waals surface area (Å²) >= 11 is 0. The second-order valence-corrected chi connectivity index (χ2v) is 6.05. The average molecular weight is 251 g/mol. The van der Waals surface area contributed by atoms with E-state index in [1.54, 1.807) is 5.92 Å². The molecule has 99 valence electrons. The van der Waals surface area contributed by atoms with Gasteiger partial charge in [-0.1, -0.05) is 81.4 Å². The molecule has 0 heteroatoms. The molecule has 0 unspecified atom stereocenters. The molecule has 0 aromatic heterocycles. The third-order valence-corrected chi connectivity index (χ3v) is 3.65. The maximum absolute atomic E-state index is 2.33. The Bertz CT molecular complexity index is 482. The average Bonchev–Trinajstić information content (AvgIpc) is 2.40. The van der Waals surface area contributed by atoms with Crippen LogP contribution < -0.4 is 0 Å². The van der Waals surface area contributed by atoms with Crippen LogP contribution in [-0.4, -0.2) is 0 Å². The Hall–Kier alpha value is -1.56. The summed E-state index contributed by atoms with van der Waals surface area (Å²) in [5, 5.41) is 0. The highest BCUT2D eigenvalue weighted by Crippen LogP contribution is 2.32. The van der Waals surface area contributed by atoms with E-state index in [4.69, 9.17) is 0 Å². The highest BCUT2D eigenvalue weighted by molar-refractivity contribution is 5.26. The van der Waals surface area contributed by atoms with Gasteiger partial charge in [0.15, 0.2) is 0 Å². The summed E-state index contributed by atoms with van der Waals surface area (Å²) in [6.45, 7) is 6.94. The summed E-state index contributed by atoms with van der Waals surface area (Å²) in [5.74, 6) is 1.54. The van der Waals surface area contributed by atoms with Crippen molar-refractivity contribution in [2.75, 3.05) is 0 Å². The van der Waals surface area contributed by atoms with Gasteiger partial charge in [0.2, 0.25) is 0 Å². The Kier molecular flexibility index (Phi) is 4.42. The molecule has 0 aliphatic heterocycles. The molecule has 0 heterocycles. The molecule has 0 saturated heterocycles. The first kappa shape index (κ1) is 13.9. The minimum absolute atomic E-state index is 0.208. The van der Waals surface area contributed by atoms with Crippen LogP contribution in [0.3, 0.4) is 0 Å². The highest BCUT2D eigenvalue weighted by Gasteiger charge is 2.23. The molecule has 0 nitrogen and oxygen atoms in total. The van der Waals surface area contributed by atoms with Crippen molar-refractivity contribution in [1.29, 1.82) is 0 Å². The van der Waals surface area contributed by atoms with Crippen molar-refractivity contribution in [3.05, 3.63) is 77.7 Å². The predicted octanol–water partition coefficient (Wildman–Crippen LogP) is 5.19. The van der Waals surface area contributed by atoms with Gasteiger partial charge in [0, 0.05) is 0 Å². The predicted molar refractivity (Wildman–Crippen MR) is 83.1 cm³/mol. The fraction of sp³-hybridized carbons (Fsp3) is 0.316. The molecule has 0 atom stereocenters. The largest absolute Gasteiger partial charge is 0.0622 e. The Morgan fingerprint density at radius 3 is 1.95 bits per heavy atom. The summed E-state index contributed by atoms with van der Waals surface area (Å²) in [7, 11) is 0. The minimum Gasteiger partial charge on any atom is -0.0622 e. The van der Waals surface area contributed by atoms with Crippen molar-refractivity contribution in [1.82, 2.24) is 0 Å². The first-order valence-corrected chi connectivity index (χ1v) is 6.99. The molecule has 0 bridgehead atoms. The van der Waals surface area contributed by atoms with Crippen molar-refractivity contribution in [3.8, 4) is 0 Å². The molecule has 19 heavy (non-hydrogen) atoms. The number of benzene rings is 2. The van der Waals surface area contributed by atoms with E-state index in [0.29, 0.717) is 0 Å². The minimum atomic E-state index is 0.208. The zero-order chi connectivity index (χ0) is 13.7. The fourth-order valence-corrected chi connectivity index (χ4v) is 2.75. The molecule has 0 N–H and O–H groups in total. The SMILES string of the molecule is C[C](Cc1ccccc1)CC(C)(C)c1ccccc1. The lowest BCUT2D eigenvalue weighted by Gasteiger charge is -2.28. The van der Waals surface area contributed by atoms with E-state index >= 15 is 0 Å². The van der Waals surface area contributed by atoms with Crippen LogP contribution in [0.2, 0.25) is 0 Å². The Balaban J connectivity index is 2.00. The van der Waals surface area contributed by atoms with E-state index in [9.17, 15) is 0 Å². The number of rotatable bonds is 5. The third-order valence-electron chi connectivity index (χ3n) is 3.65. The van der Waals surface area contributed by atoms with Crippen LogP contribution in [0.25, 0.3) is 0 Å². The Morgan fingerprint density at radius 2 is 1.37 bits per heavy atom. The smallest absolute Gasteiger partial charge is 0.00981 e. The monoisotopic (exact) mass is 251 g/mol. The molecule has 2 aromatic carbocycles. The lowest BCUT2D eigenvalue weighted by molar-refractivity contribution is 0.483. The van der Waals surface area contributed by atoms with Gasteiger partial charge in [-0.05, 0) is 35.3 Å². The van der Waals surface area contributed by atoms with Crippen LogP contribution in [0.15, 0.2) is 60.7 Å². The topological polar surface area (TPSA) is 0 Å². The summed E-state index contributed by atoms with van der Waals surface area (Å²) in [6, 6.07) is 21.5. The molecular weight excluding hydrogens is 228 g/mol. The fourth-order valence-electron chi connectivity index (χ4n) is 2.75. The van der Waals surface area contributed by atoms with Crippen LogP contribution in [-0.2, 0) is 11.8 Å². The first-order chi connectivity index (χ1) is 9.08. The zero-order valence-electron chi connectivity index (χ0n) is 12.2. The molecular formula is C19H23. The highest BCUT2D eigenvalue weighted by atomic mass is 14.3. The Morgan fingerprint density at radius 1 is 0.842 bits per heavy atom. The van der Waals surface area contributed by atoms with Gasteiger partial charge in [0.05, 0.1) is 0 Å². The van der Waals surface area contributed by atoms with E-state index in [1.165, 1.54) is 11.1 Å². The molecule has 2 aromatic rings. The van der Waals surface area contributed by atoms with Gasteiger partial charge in [-0.3, -0.25) is 0 Å². The van der Waals surface area contributed by atoms with E-state index in [0.717, 1.165) is 12.8 Å². The van der Waals surface area contributed by atoms with Crippen LogP contribution >= 0.6 is 0 Å². The second-order valence-electron chi connectivity index (χ2n) is 6.05. The molecule has 0 fully saturated rings. The maximum Gasteiger partial charge on any atom is -0.00981 e. The maximum atomic E-state index is 2.33. The summed E-state index contributed by atoms with van der Waals surface area (Å²) in [5.41, 5.74) is 3.03. The Labute approximate surface area is 117 Å². The van der Waals surface area contributed by atoms with Gasteiger partial charge in [-0.25, -0.2) is 0 Å². The molecule has 0 spiro atoms. The van der Waals surface area contributed by atoms with Gasteiger partial charge < -0.3 is 0 Å². The molecule has 0 saturated carbocycles. The van der Waals surface area contributed by atoms with Crippen LogP contribution in [0.1, 0.15) is 38.3 Å². The summed E-state index contributed by atoms with van der Waals surface area (Å²) < 4.78 is 0. The number of hydrogen-bond donors (Lipinski definition) is 0. The quantitative estimate of drug-likeness (QED) is 0.686. The lowest BCUT2D eigenvalue weighted by Crippen LogP contribution is -2.20. The van der Waals surface area contributed by atoms with E-state index in [2.05, 4.69) is 81.4 Å². The molecule has 2 rings (SSSR count). The molecule has 0 aliphatic carbocycles. The van der Waals surface area contributed by atoms with Crippen molar-refractivity contribution >= 4 is 0 Å². The van der Waals surface area contributed by atoms with Gasteiger partial charge in [-0.2, -0.15) is 0 Å². The van der Waals surface area contributed by atoms with Gasteiger partial charge in [0.25, 0.3) is 0 Å². The third kappa shape index (κ3) is 3.96. The van der Waals surface area contributed by atoms with Gasteiger partial charge >= 0.3 is 0 Å². The van der Waals surface area contributed by atoms with E-state index < -0.39 is 0 Å². The normalized spacial score (nSPS) is 11.8. The van der Waals surface area contributed by atoms with E-state index in [1.807, 2.05) is 0 Å². The molecule has 1 radical (unpaired) electrons. The van der Waals surface area contributed by atoms with E-state index in [-0.39, 0.29) is 5.41 Å². The molecule has 0 amide bonds. The zero-order valence-corrected chi connectivity index (χ0v) is 12.2. The van der Waals surface area contributed by atoms with Crippen LogP contribution in [0.5, 0.6) is 0 Å². The second kappa shape index (κ2) is 6.06. The lowest BCUT2D eigenvalue weighted by atomic mass is 9.76. The first-order valence-electron chi connectivity index (χ1n) is 6.99. The number of hydrogen-bond acceptors (Lipinski definition) is 0. The van der Waals surface area contributed by atoms with Crippen molar-refractivity contribution in [2.45, 2.75) is 39.0 Å². The standard InChI is InChI=1S/C19H23/c1-16(14-17-10-6-4-7-11-17)15-19(2,3)18-12-8-5-9-13-18/h4-13H,14-15H2,1-3H3. The summed E-state index contributed by atoms with van der Waals surface area (Å²) in [4.78, 5) is 0. The van der Waals surface area contributed by atoms with Crippen molar-refractivity contribution in [2.24, 2.45) is 0 Å². The van der Waals surface area contributed by atoms with Crippen LogP contribution in [0, 0.1) is 5.92 Å². The van der Waals surface area contributed by atoms with Gasteiger partial charge in [-0.15, -0.1) is 0 Å². The van der Waals surface area contributed by atoms with Crippen molar-refractivity contribution in [3.63, 3.8) is 0 Å².